The molecule has 178 valence electrons. The van der Waals surface area contributed by atoms with Crippen LogP contribution in [0.15, 0.2) is 36.7 Å². The van der Waals surface area contributed by atoms with Gasteiger partial charge < -0.3 is 0 Å². The summed E-state index contributed by atoms with van der Waals surface area (Å²) < 4.78 is 14.1. The summed E-state index contributed by atoms with van der Waals surface area (Å²) >= 11 is 0. The van der Waals surface area contributed by atoms with Gasteiger partial charge in [-0.25, -0.2) is 14.4 Å². The van der Waals surface area contributed by atoms with Gasteiger partial charge in [-0.2, -0.15) is 0 Å². The number of rotatable bonds is 18. The average Bonchev–Trinajstić information content (AvgIpc) is 2.83. The van der Waals surface area contributed by atoms with Crippen molar-refractivity contribution in [2.24, 2.45) is 0 Å². The van der Waals surface area contributed by atoms with Crippen LogP contribution in [0.3, 0.4) is 0 Å². The van der Waals surface area contributed by atoms with Crippen molar-refractivity contribution >= 4 is 0 Å². The van der Waals surface area contributed by atoms with E-state index in [1.165, 1.54) is 69.8 Å². The van der Waals surface area contributed by atoms with Crippen molar-refractivity contribution in [2.75, 3.05) is 0 Å². The smallest absolute Gasteiger partial charge is 0.159 e. The van der Waals surface area contributed by atoms with Crippen LogP contribution < -0.4 is 0 Å². The molecule has 0 aliphatic rings. The lowest BCUT2D eigenvalue weighted by atomic mass is 9.99. The zero-order chi connectivity index (χ0) is 22.9. The molecule has 0 bridgehead atoms. The molecule has 0 saturated carbocycles. The maximum atomic E-state index is 14.1. The van der Waals surface area contributed by atoms with Gasteiger partial charge in [0.25, 0.3) is 0 Å². The molecule has 2 rings (SSSR count). The van der Waals surface area contributed by atoms with Crippen molar-refractivity contribution in [3.8, 4) is 11.4 Å². The van der Waals surface area contributed by atoms with Crippen molar-refractivity contribution in [2.45, 2.75) is 123 Å². The Morgan fingerprint density at radius 1 is 0.688 bits per heavy atom. The number of aryl methyl sites for hydroxylation is 2. The Labute approximate surface area is 196 Å². The van der Waals surface area contributed by atoms with Crippen LogP contribution in [0.5, 0.6) is 0 Å². The number of nitrogens with zero attached hydrogens (tertiary/aromatic N) is 2. The first-order valence-electron chi connectivity index (χ1n) is 13.3. The maximum absolute atomic E-state index is 14.1. The van der Waals surface area contributed by atoms with Crippen molar-refractivity contribution in [3.05, 3.63) is 47.8 Å². The van der Waals surface area contributed by atoms with E-state index in [0.717, 1.165) is 42.6 Å². The molecule has 1 atom stereocenters. The molecule has 0 aliphatic heterocycles. The first kappa shape index (κ1) is 26.5. The average molecular weight is 441 g/mol. The van der Waals surface area contributed by atoms with E-state index >= 15 is 0 Å². The molecule has 0 N–H and O–H groups in total. The SMILES string of the molecule is CCCCCCCCCCc1ccccc1-c1ncc(CC[C@@H](F)CCCCCC)cn1. The quantitative estimate of drug-likeness (QED) is 0.216. The van der Waals surface area contributed by atoms with Crippen LogP contribution in [0.1, 0.15) is 115 Å². The van der Waals surface area contributed by atoms with Gasteiger partial charge in [-0.3, -0.25) is 0 Å². The second-order valence-electron chi connectivity index (χ2n) is 9.28. The standard InChI is InChI=1S/C29H45FN2/c1-3-5-7-9-10-11-12-13-17-26-18-15-16-20-28(26)29-31-23-25(24-32-29)21-22-27(30)19-14-8-6-4-2/h15-16,18,20,23-24,27H,3-14,17,19,21-22H2,1-2H3/t27-/m0/s1. The third-order valence-corrected chi connectivity index (χ3v) is 6.38. The first-order valence-corrected chi connectivity index (χ1v) is 13.3. The molecule has 0 fully saturated rings. The summed E-state index contributed by atoms with van der Waals surface area (Å²) in [6, 6.07) is 8.51. The molecule has 2 nitrogen and oxygen atoms in total. The van der Waals surface area contributed by atoms with E-state index in [2.05, 4.69) is 48.1 Å². The largest absolute Gasteiger partial charge is 0.247 e. The summed E-state index contributed by atoms with van der Waals surface area (Å²) in [6.45, 7) is 4.45. The summed E-state index contributed by atoms with van der Waals surface area (Å²) in [5.74, 6) is 0.792. The molecular formula is C29H45FN2. The van der Waals surface area contributed by atoms with Gasteiger partial charge in [0.05, 0.1) is 0 Å². The molecule has 0 saturated heterocycles. The lowest BCUT2D eigenvalue weighted by Gasteiger charge is -2.10. The van der Waals surface area contributed by atoms with Crippen LogP contribution in [0.2, 0.25) is 0 Å². The minimum absolute atomic E-state index is 0.573. The number of hydrogen-bond acceptors (Lipinski definition) is 2. The monoisotopic (exact) mass is 440 g/mol. The maximum Gasteiger partial charge on any atom is 0.159 e. The van der Waals surface area contributed by atoms with E-state index in [9.17, 15) is 4.39 Å². The fraction of sp³-hybridized carbons (Fsp3) is 0.655. The van der Waals surface area contributed by atoms with Crippen molar-refractivity contribution < 1.29 is 4.39 Å². The Bertz CT molecular complexity index is 713. The van der Waals surface area contributed by atoms with E-state index in [1.54, 1.807) is 0 Å². The van der Waals surface area contributed by atoms with Crippen LogP contribution >= 0.6 is 0 Å². The van der Waals surface area contributed by atoms with Gasteiger partial charge in [0, 0.05) is 18.0 Å². The predicted molar refractivity (Wildman–Crippen MR) is 136 cm³/mol. The summed E-state index contributed by atoms with van der Waals surface area (Å²) in [7, 11) is 0. The molecule has 0 spiro atoms. The van der Waals surface area contributed by atoms with Gasteiger partial charge in [-0.1, -0.05) is 109 Å². The number of halogens is 1. The number of unbranched alkanes of at least 4 members (excludes halogenated alkanes) is 10. The number of hydrogen-bond donors (Lipinski definition) is 0. The van der Waals surface area contributed by atoms with Crippen LogP contribution in [0.25, 0.3) is 11.4 Å². The molecule has 0 aliphatic carbocycles. The lowest BCUT2D eigenvalue weighted by Crippen LogP contribution is -2.03. The molecule has 32 heavy (non-hydrogen) atoms. The van der Waals surface area contributed by atoms with E-state index in [-0.39, 0.29) is 0 Å². The molecule has 0 unspecified atom stereocenters. The highest BCUT2D eigenvalue weighted by atomic mass is 19.1. The Morgan fingerprint density at radius 3 is 1.97 bits per heavy atom. The molecule has 0 radical (unpaired) electrons. The minimum atomic E-state index is -0.709. The van der Waals surface area contributed by atoms with Crippen molar-refractivity contribution in [1.29, 1.82) is 0 Å². The zero-order valence-corrected chi connectivity index (χ0v) is 20.6. The van der Waals surface area contributed by atoms with E-state index in [4.69, 9.17) is 0 Å². The predicted octanol–water partition coefficient (Wildman–Crippen LogP) is 9.07. The minimum Gasteiger partial charge on any atom is -0.247 e. The van der Waals surface area contributed by atoms with Crippen LogP contribution in [-0.2, 0) is 12.8 Å². The molecule has 1 heterocycles. The van der Waals surface area contributed by atoms with E-state index < -0.39 is 6.17 Å². The van der Waals surface area contributed by atoms with Crippen LogP contribution in [0.4, 0.5) is 4.39 Å². The normalized spacial score (nSPS) is 12.2. The highest BCUT2D eigenvalue weighted by Crippen LogP contribution is 2.23. The molecular weight excluding hydrogens is 395 g/mol. The molecule has 3 heteroatoms. The second kappa shape index (κ2) is 16.8. The fourth-order valence-electron chi connectivity index (χ4n) is 4.29. The van der Waals surface area contributed by atoms with Crippen LogP contribution in [0, 0.1) is 0 Å². The van der Waals surface area contributed by atoms with Gasteiger partial charge in [-0.15, -0.1) is 0 Å². The highest BCUT2D eigenvalue weighted by Gasteiger charge is 2.10. The van der Waals surface area contributed by atoms with Gasteiger partial charge in [-0.05, 0) is 43.2 Å². The van der Waals surface area contributed by atoms with Gasteiger partial charge in [0.15, 0.2) is 5.82 Å². The highest BCUT2D eigenvalue weighted by molar-refractivity contribution is 5.59. The number of aromatic nitrogens is 2. The van der Waals surface area contributed by atoms with E-state index in [1.807, 2.05) is 12.4 Å². The molecule has 1 aromatic carbocycles. The second-order valence-corrected chi connectivity index (χ2v) is 9.28. The van der Waals surface area contributed by atoms with E-state index in [0.29, 0.717) is 12.8 Å². The van der Waals surface area contributed by atoms with Crippen LogP contribution in [-0.4, -0.2) is 16.1 Å². The molecule has 1 aromatic heterocycles. The summed E-state index contributed by atoms with van der Waals surface area (Å²) in [6.07, 6.45) is 21.4. The van der Waals surface area contributed by atoms with Crippen molar-refractivity contribution in [3.63, 3.8) is 0 Å². The topological polar surface area (TPSA) is 25.8 Å². The fourth-order valence-corrected chi connectivity index (χ4v) is 4.29. The van der Waals surface area contributed by atoms with Gasteiger partial charge in [0.1, 0.15) is 6.17 Å². The van der Waals surface area contributed by atoms with Gasteiger partial charge >= 0.3 is 0 Å². The number of benzene rings is 1. The Hall–Kier alpha value is -1.77. The molecule has 0 amide bonds. The van der Waals surface area contributed by atoms with Crippen molar-refractivity contribution in [1.82, 2.24) is 9.97 Å². The summed E-state index contributed by atoms with van der Waals surface area (Å²) in [4.78, 5) is 9.25. The summed E-state index contributed by atoms with van der Waals surface area (Å²) in [5, 5.41) is 0. The Balaban J connectivity index is 1.77. The van der Waals surface area contributed by atoms with Gasteiger partial charge in [0.2, 0.25) is 0 Å². The third-order valence-electron chi connectivity index (χ3n) is 6.38. The third kappa shape index (κ3) is 10.7. The lowest BCUT2D eigenvalue weighted by molar-refractivity contribution is 0.287. The Morgan fingerprint density at radius 2 is 1.28 bits per heavy atom. The number of alkyl halides is 1. The Kier molecular flexibility index (Phi) is 13.9. The first-order chi connectivity index (χ1) is 15.7. The summed E-state index contributed by atoms with van der Waals surface area (Å²) in [5.41, 5.74) is 3.51. The molecule has 2 aromatic rings. The zero-order valence-electron chi connectivity index (χ0n) is 20.6.